The normalized spacial score (nSPS) is 15.7. The van der Waals surface area contributed by atoms with Crippen molar-refractivity contribution in [3.8, 4) is 22.8 Å². The number of thioether (sulfide) groups is 1. The monoisotopic (exact) mass is 507 g/mol. The van der Waals surface area contributed by atoms with Crippen LogP contribution in [0.15, 0.2) is 59.8 Å². The summed E-state index contributed by atoms with van der Waals surface area (Å²) in [6, 6.07) is 17.6. The van der Waals surface area contributed by atoms with Gasteiger partial charge in [-0.25, -0.2) is 0 Å². The van der Waals surface area contributed by atoms with Crippen LogP contribution in [-0.4, -0.2) is 74.9 Å². The maximum atomic E-state index is 13.1. The van der Waals surface area contributed by atoms with E-state index in [-0.39, 0.29) is 23.6 Å². The highest BCUT2D eigenvalue weighted by atomic mass is 32.2. The standard InChI is InChI=1S/C27H33N5O3S/c1-4-5-14-24(33)31-16-15-30(18-20(31)2)25(34)19-36-27-29-28-26(21-10-9-13-23(17-21)35-3)32(27)22-11-7-6-8-12-22/h6-13,17,20H,4-5,14-16,18-19H2,1-3H3. The number of piperazine rings is 1. The summed E-state index contributed by atoms with van der Waals surface area (Å²) in [5.41, 5.74) is 1.80. The van der Waals surface area contributed by atoms with Crippen LogP contribution in [0.5, 0.6) is 5.75 Å². The fraction of sp³-hybridized carbons (Fsp3) is 0.407. The van der Waals surface area contributed by atoms with Crippen molar-refractivity contribution in [2.45, 2.75) is 44.3 Å². The number of methoxy groups -OCH3 is 1. The van der Waals surface area contributed by atoms with E-state index in [0.29, 0.717) is 37.0 Å². The molecule has 1 atom stereocenters. The van der Waals surface area contributed by atoms with Gasteiger partial charge in [-0.1, -0.05) is 55.4 Å². The third-order valence-corrected chi connectivity index (χ3v) is 7.26. The maximum absolute atomic E-state index is 13.1. The molecule has 1 aromatic heterocycles. The quantitative estimate of drug-likeness (QED) is 0.402. The Kier molecular flexibility index (Phi) is 8.64. The fourth-order valence-corrected chi connectivity index (χ4v) is 5.22. The minimum Gasteiger partial charge on any atom is -0.497 e. The van der Waals surface area contributed by atoms with Crippen LogP contribution in [0, 0.1) is 0 Å². The lowest BCUT2D eigenvalue weighted by molar-refractivity contribution is -0.141. The van der Waals surface area contributed by atoms with Crippen LogP contribution in [0.3, 0.4) is 0 Å². The minimum absolute atomic E-state index is 0.0182. The van der Waals surface area contributed by atoms with Crippen LogP contribution < -0.4 is 4.74 Å². The number of carbonyl (C=O) groups excluding carboxylic acids is 2. The second-order valence-electron chi connectivity index (χ2n) is 8.88. The van der Waals surface area contributed by atoms with E-state index >= 15 is 0 Å². The molecule has 0 aliphatic carbocycles. The lowest BCUT2D eigenvalue weighted by Crippen LogP contribution is -2.55. The lowest BCUT2D eigenvalue weighted by atomic mass is 10.1. The average Bonchev–Trinajstić information content (AvgIpc) is 3.34. The van der Waals surface area contributed by atoms with Gasteiger partial charge in [0.1, 0.15) is 5.75 Å². The number of amides is 2. The summed E-state index contributed by atoms with van der Waals surface area (Å²) in [5, 5.41) is 9.54. The van der Waals surface area contributed by atoms with Crippen LogP contribution in [0.1, 0.15) is 33.1 Å². The molecule has 9 heteroatoms. The number of para-hydroxylation sites is 1. The smallest absolute Gasteiger partial charge is 0.233 e. The highest BCUT2D eigenvalue weighted by Gasteiger charge is 2.29. The second kappa shape index (κ2) is 12.1. The molecule has 190 valence electrons. The molecule has 2 amide bonds. The zero-order valence-electron chi connectivity index (χ0n) is 21.1. The van der Waals surface area contributed by atoms with Crippen LogP contribution in [0.25, 0.3) is 17.1 Å². The molecule has 0 N–H and O–H groups in total. The summed E-state index contributed by atoms with van der Waals surface area (Å²) in [4.78, 5) is 29.4. The number of aromatic nitrogens is 3. The summed E-state index contributed by atoms with van der Waals surface area (Å²) in [5.74, 6) is 1.90. The molecule has 8 nitrogen and oxygen atoms in total. The molecular weight excluding hydrogens is 474 g/mol. The number of ether oxygens (including phenoxy) is 1. The predicted octanol–water partition coefficient (Wildman–Crippen LogP) is 4.28. The Morgan fingerprint density at radius 1 is 1.06 bits per heavy atom. The predicted molar refractivity (Wildman–Crippen MR) is 141 cm³/mol. The Labute approximate surface area is 216 Å². The summed E-state index contributed by atoms with van der Waals surface area (Å²) >= 11 is 1.37. The van der Waals surface area contributed by atoms with Crippen molar-refractivity contribution in [1.29, 1.82) is 0 Å². The Balaban J connectivity index is 1.48. The Morgan fingerprint density at radius 2 is 1.86 bits per heavy atom. The van der Waals surface area contributed by atoms with Gasteiger partial charge in [0, 0.05) is 43.3 Å². The molecule has 1 unspecified atom stereocenters. The molecule has 0 bridgehead atoms. The van der Waals surface area contributed by atoms with Gasteiger partial charge >= 0.3 is 0 Å². The maximum Gasteiger partial charge on any atom is 0.233 e. The average molecular weight is 508 g/mol. The zero-order chi connectivity index (χ0) is 25.5. The van der Waals surface area contributed by atoms with Crippen molar-refractivity contribution < 1.29 is 14.3 Å². The molecule has 36 heavy (non-hydrogen) atoms. The van der Waals surface area contributed by atoms with Crippen LogP contribution in [-0.2, 0) is 9.59 Å². The molecular formula is C27H33N5O3S. The van der Waals surface area contributed by atoms with E-state index in [1.807, 2.05) is 75.9 Å². The van der Waals surface area contributed by atoms with E-state index in [9.17, 15) is 9.59 Å². The number of hydrogen-bond acceptors (Lipinski definition) is 6. The number of carbonyl (C=O) groups is 2. The molecule has 0 spiro atoms. The first kappa shape index (κ1) is 25.8. The van der Waals surface area contributed by atoms with Gasteiger partial charge in [0.2, 0.25) is 11.8 Å². The molecule has 1 saturated heterocycles. The van der Waals surface area contributed by atoms with Crippen LogP contribution in [0.2, 0.25) is 0 Å². The van der Waals surface area contributed by atoms with E-state index in [1.54, 1.807) is 7.11 Å². The Hall–Kier alpha value is -3.33. The van der Waals surface area contributed by atoms with Gasteiger partial charge in [-0.2, -0.15) is 0 Å². The molecule has 1 fully saturated rings. The molecule has 1 aliphatic rings. The second-order valence-corrected chi connectivity index (χ2v) is 9.82. The number of nitrogens with zero attached hydrogens (tertiary/aromatic N) is 5. The fourth-order valence-electron chi connectivity index (χ4n) is 4.37. The zero-order valence-corrected chi connectivity index (χ0v) is 21.9. The van der Waals surface area contributed by atoms with Gasteiger partial charge in [0.05, 0.1) is 12.9 Å². The molecule has 2 aromatic carbocycles. The van der Waals surface area contributed by atoms with Crippen LogP contribution >= 0.6 is 11.8 Å². The van der Waals surface area contributed by atoms with Crippen molar-refractivity contribution in [3.63, 3.8) is 0 Å². The van der Waals surface area contributed by atoms with E-state index < -0.39 is 0 Å². The van der Waals surface area contributed by atoms with Crippen molar-refractivity contribution >= 4 is 23.6 Å². The number of rotatable bonds is 9. The van der Waals surface area contributed by atoms with Crippen molar-refractivity contribution in [1.82, 2.24) is 24.6 Å². The summed E-state index contributed by atoms with van der Waals surface area (Å²) < 4.78 is 7.36. The molecule has 3 aromatic rings. The molecule has 0 radical (unpaired) electrons. The van der Waals surface area contributed by atoms with Gasteiger partial charge in [0.15, 0.2) is 11.0 Å². The highest BCUT2D eigenvalue weighted by molar-refractivity contribution is 7.99. The first-order chi connectivity index (χ1) is 17.5. The summed E-state index contributed by atoms with van der Waals surface area (Å²) in [6.45, 7) is 5.80. The molecule has 2 heterocycles. The van der Waals surface area contributed by atoms with Gasteiger partial charge in [-0.3, -0.25) is 14.2 Å². The first-order valence-corrected chi connectivity index (χ1v) is 13.4. The Morgan fingerprint density at radius 3 is 2.58 bits per heavy atom. The third-order valence-electron chi connectivity index (χ3n) is 6.35. The molecule has 0 saturated carbocycles. The topological polar surface area (TPSA) is 80.6 Å². The van der Waals surface area contributed by atoms with E-state index in [1.165, 1.54) is 11.8 Å². The molecule has 4 rings (SSSR count). The Bertz CT molecular complexity index is 1180. The number of benzene rings is 2. The minimum atomic E-state index is 0.0182. The number of unbranched alkanes of at least 4 members (excludes halogenated alkanes) is 1. The van der Waals surface area contributed by atoms with Crippen LogP contribution in [0.4, 0.5) is 0 Å². The van der Waals surface area contributed by atoms with E-state index in [2.05, 4.69) is 17.1 Å². The van der Waals surface area contributed by atoms with Crippen molar-refractivity contribution in [2.75, 3.05) is 32.5 Å². The van der Waals surface area contributed by atoms with E-state index in [0.717, 1.165) is 29.8 Å². The van der Waals surface area contributed by atoms with E-state index in [4.69, 9.17) is 4.74 Å². The SMILES string of the molecule is CCCCC(=O)N1CCN(C(=O)CSc2nnc(-c3cccc(OC)c3)n2-c2ccccc2)CC1C. The summed E-state index contributed by atoms with van der Waals surface area (Å²) in [7, 11) is 1.63. The summed E-state index contributed by atoms with van der Waals surface area (Å²) in [6.07, 6.45) is 2.49. The van der Waals surface area contributed by atoms with Gasteiger partial charge < -0.3 is 14.5 Å². The number of hydrogen-bond donors (Lipinski definition) is 0. The van der Waals surface area contributed by atoms with Crippen molar-refractivity contribution in [2.24, 2.45) is 0 Å². The molecule has 1 aliphatic heterocycles. The lowest BCUT2D eigenvalue weighted by Gasteiger charge is -2.40. The van der Waals surface area contributed by atoms with Gasteiger partial charge in [-0.15, -0.1) is 10.2 Å². The van der Waals surface area contributed by atoms with Gasteiger partial charge in [-0.05, 0) is 37.6 Å². The van der Waals surface area contributed by atoms with Gasteiger partial charge in [0.25, 0.3) is 0 Å². The highest BCUT2D eigenvalue weighted by Crippen LogP contribution is 2.30. The third kappa shape index (κ3) is 5.90. The van der Waals surface area contributed by atoms with Crippen molar-refractivity contribution in [3.05, 3.63) is 54.6 Å². The first-order valence-electron chi connectivity index (χ1n) is 12.4. The largest absolute Gasteiger partial charge is 0.497 e.